The van der Waals surface area contributed by atoms with Gasteiger partial charge in [-0.05, 0) is 19.4 Å². The monoisotopic (exact) mass is 229 g/mol. The first kappa shape index (κ1) is 12.3. The molecule has 0 aromatic rings. The molecule has 0 aliphatic rings. The van der Waals surface area contributed by atoms with E-state index in [0.717, 1.165) is 11.8 Å². The Morgan fingerprint density at radius 2 is 2.00 bits per heavy atom. The zero-order valence-electron chi connectivity index (χ0n) is 7.01. The molecule has 1 atom stereocenters. The zero-order valence-corrected chi connectivity index (χ0v) is 9.46. The van der Waals surface area contributed by atoms with Crippen molar-refractivity contribution in [3.8, 4) is 0 Å². The third kappa shape index (κ3) is 4.34. The summed E-state index contributed by atoms with van der Waals surface area (Å²) < 4.78 is 29.6. The van der Waals surface area contributed by atoms with Crippen LogP contribution in [0.2, 0.25) is 0 Å². The molecule has 0 aliphatic heterocycles. The third-order valence-corrected chi connectivity index (χ3v) is 3.94. The maximum Gasteiger partial charge on any atom is 0.318 e. The lowest BCUT2D eigenvalue weighted by molar-refractivity contribution is 0.499. The molecule has 7 heteroatoms. The Hall–Kier alpha value is 0.280. The van der Waals surface area contributed by atoms with E-state index in [4.69, 9.17) is 4.55 Å². The largest absolute Gasteiger partial charge is 0.318 e. The van der Waals surface area contributed by atoms with Crippen LogP contribution in [0.3, 0.4) is 0 Å². The molecule has 0 saturated heterocycles. The second-order valence-corrected chi connectivity index (χ2v) is 5.45. The first-order valence-corrected chi connectivity index (χ1v) is 6.99. The third-order valence-electron chi connectivity index (χ3n) is 1.02. The van der Waals surface area contributed by atoms with Gasteiger partial charge in [0.2, 0.25) is 4.38 Å². The van der Waals surface area contributed by atoms with Gasteiger partial charge < -0.3 is 0 Å². The van der Waals surface area contributed by atoms with Crippen LogP contribution in [0, 0.1) is 0 Å². The van der Waals surface area contributed by atoms with E-state index in [-0.39, 0.29) is 9.75 Å². The van der Waals surface area contributed by atoms with Crippen LogP contribution in [-0.4, -0.2) is 35.2 Å². The number of hydrogen-bond acceptors (Lipinski definition) is 5. The lowest BCUT2D eigenvalue weighted by Crippen LogP contribution is -2.11. The molecular formula is C5H11NO3S3. The van der Waals surface area contributed by atoms with Crippen LogP contribution >= 0.6 is 23.5 Å². The second-order valence-electron chi connectivity index (χ2n) is 1.91. The van der Waals surface area contributed by atoms with Gasteiger partial charge in [0.1, 0.15) is 0 Å². The normalized spacial score (nSPS) is 16.2. The Kier molecular flexibility index (Phi) is 5.22. The number of nitrogens with zero attached hydrogens (tertiary/aromatic N) is 1. The summed E-state index contributed by atoms with van der Waals surface area (Å²) in [5.74, 6) is 0. The van der Waals surface area contributed by atoms with Gasteiger partial charge in [-0.3, -0.25) is 9.55 Å². The fourth-order valence-electron chi connectivity index (χ4n) is 0.426. The van der Waals surface area contributed by atoms with Crippen LogP contribution in [0.25, 0.3) is 0 Å². The minimum atomic E-state index is -4.12. The second kappa shape index (κ2) is 5.11. The summed E-state index contributed by atoms with van der Waals surface area (Å²) in [4.78, 5) is 3.79. The summed E-state index contributed by atoms with van der Waals surface area (Å²) in [6, 6.07) is 0. The molecule has 1 unspecified atom stereocenters. The van der Waals surface area contributed by atoms with E-state index in [1.807, 2.05) is 6.26 Å². The molecule has 0 bridgehead atoms. The highest BCUT2D eigenvalue weighted by molar-refractivity contribution is 8.33. The quantitative estimate of drug-likeness (QED) is 0.439. The van der Waals surface area contributed by atoms with Crippen LogP contribution in [0.5, 0.6) is 0 Å². The van der Waals surface area contributed by atoms with Gasteiger partial charge in [-0.15, -0.1) is 11.8 Å². The van der Waals surface area contributed by atoms with Crippen molar-refractivity contribution in [1.82, 2.24) is 0 Å². The molecule has 0 saturated carbocycles. The van der Waals surface area contributed by atoms with E-state index < -0.39 is 10.1 Å². The molecule has 0 aromatic carbocycles. The summed E-state index contributed by atoms with van der Waals surface area (Å²) in [6.45, 7) is 1.76. The Morgan fingerprint density at radius 3 is 2.25 bits per heavy atom. The minimum Gasteiger partial charge on any atom is -0.280 e. The number of hydrogen-bond donors (Lipinski definition) is 1. The van der Waals surface area contributed by atoms with Crippen molar-refractivity contribution in [2.45, 2.75) is 12.3 Å². The first-order valence-electron chi connectivity index (χ1n) is 3.04. The molecule has 0 aromatic heterocycles. The fraction of sp³-hybridized carbons (Fsp3) is 0.800. The zero-order chi connectivity index (χ0) is 9.78. The Morgan fingerprint density at radius 1 is 1.50 bits per heavy atom. The molecule has 0 aliphatic carbocycles. The van der Waals surface area contributed by atoms with Crippen molar-refractivity contribution in [1.29, 1.82) is 0 Å². The first-order chi connectivity index (χ1) is 5.41. The Balaban J connectivity index is 4.68. The van der Waals surface area contributed by atoms with E-state index >= 15 is 0 Å². The van der Waals surface area contributed by atoms with E-state index in [9.17, 15) is 8.42 Å². The van der Waals surface area contributed by atoms with Crippen LogP contribution in [0.4, 0.5) is 0 Å². The van der Waals surface area contributed by atoms with Crippen molar-refractivity contribution in [3.63, 3.8) is 0 Å². The molecule has 4 nitrogen and oxygen atoms in total. The van der Waals surface area contributed by atoms with Crippen LogP contribution in [-0.2, 0) is 10.1 Å². The summed E-state index contributed by atoms with van der Waals surface area (Å²) >= 11 is 2.33. The summed E-state index contributed by atoms with van der Waals surface area (Å²) in [7, 11) is -4.12. The molecule has 0 spiro atoms. The smallest absolute Gasteiger partial charge is 0.280 e. The SMILES string of the molecule is CSC(=NC(C)SC)S(=O)(=O)O. The van der Waals surface area contributed by atoms with Gasteiger partial charge in [0.15, 0.2) is 0 Å². The van der Waals surface area contributed by atoms with Crippen molar-refractivity contribution >= 4 is 38.0 Å². The lowest BCUT2D eigenvalue weighted by Gasteiger charge is -2.03. The number of rotatable bonds is 2. The van der Waals surface area contributed by atoms with Gasteiger partial charge in [-0.25, -0.2) is 0 Å². The van der Waals surface area contributed by atoms with E-state index in [2.05, 4.69) is 4.99 Å². The predicted molar refractivity (Wildman–Crippen MR) is 55.5 cm³/mol. The van der Waals surface area contributed by atoms with Crippen LogP contribution in [0.1, 0.15) is 6.92 Å². The van der Waals surface area contributed by atoms with Crippen molar-refractivity contribution in [2.75, 3.05) is 12.5 Å². The van der Waals surface area contributed by atoms with Gasteiger partial charge >= 0.3 is 10.1 Å². The van der Waals surface area contributed by atoms with Crippen LogP contribution in [0.15, 0.2) is 4.99 Å². The summed E-state index contributed by atoms with van der Waals surface area (Å²) in [6.07, 6.45) is 3.37. The van der Waals surface area contributed by atoms with Crippen molar-refractivity contribution in [2.24, 2.45) is 4.99 Å². The standard InChI is InChI=1S/C5H11NO3S3/c1-4(10-2)6-5(11-3)12(7,8)9/h4H,1-3H3,(H,7,8,9). The summed E-state index contributed by atoms with van der Waals surface area (Å²) in [5.41, 5.74) is 0. The van der Waals surface area contributed by atoms with Gasteiger partial charge in [0, 0.05) is 0 Å². The molecule has 1 N–H and O–H groups in total. The predicted octanol–water partition coefficient (Wildman–Crippen LogP) is 1.30. The molecule has 0 amide bonds. The highest BCUT2D eigenvalue weighted by atomic mass is 32.3. The van der Waals surface area contributed by atoms with Crippen molar-refractivity contribution in [3.05, 3.63) is 0 Å². The van der Waals surface area contributed by atoms with E-state index in [1.165, 1.54) is 11.8 Å². The summed E-state index contributed by atoms with van der Waals surface area (Å²) in [5, 5.41) is -0.158. The van der Waals surface area contributed by atoms with Crippen LogP contribution < -0.4 is 0 Å². The Bertz CT molecular complexity index is 259. The fourth-order valence-corrected chi connectivity index (χ4v) is 2.17. The maximum atomic E-state index is 10.6. The average molecular weight is 229 g/mol. The van der Waals surface area contributed by atoms with Gasteiger partial charge in [0.25, 0.3) is 0 Å². The number of thioether (sulfide) groups is 2. The highest BCUT2D eigenvalue weighted by Crippen LogP contribution is 2.12. The minimum absolute atomic E-state index is 0.158. The van der Waals surface area contributed by atoms with Crippen molar-refractivity contribution < 1.29 is 13.0 Å². The molecule has 0 radical (unpaired) electrons. The maximum absolute atomic E-state index is 10.6. The average Bonchev–Trinajstić information content (AvgIpc) is 1.97. The topological polar surface area (TPSA) is 66.7 Å². The highest BCUT2D eigenvalue weighted by Gasteiger charge is 2.15. The molecule has 12 heavy (non-hydrogen) atoms. The molecule has 0 rings (SSSR count). The lowest BCUT2D eigenvalue weighted by atomic mass is 10.8. The molecule has 0 fully saturated rings. The van der Waals surface area contributed by atoms with Gasteiger partial charge in [0.05, 0.1) is 5.37 Å². The van der Waals surface area contributed by atoms with E-state index in [0.29, 0.717) is 0 Å². The van der Waals surface area contributed by atoms with E-state index in [1.54, 1.807) is 13.2 Å². The van der Waals surface area contributed by atoms with Gasteiger partial charge in [-0.2, -0.15) is 8.42 Å². The molecular weight excluding hydrogens is 218 g/mol. The molecule has 0 heterocycles. The molecule has 72 valence electrons. The Labute approximate surface area is 81.0 Å². The number of aliphatic imine (C=N–C) groups is 1. The van der Waals surface area contributed by atoms with Gasteiger partial charge in [-0.1, -0.05) is 11.8 Å².